The highest BCUT2D eigenvalue weighted by Gasteiger charge is 2.13. The van der Waals surface area contributed by atoms with Gasteiger partial charge >= 0.3 is 0 Å². The first-order valence-corrected chi connectivity index (χ1v) is 7.15. The maximum Gasteiger partial charge on any atom is 0.251 e. The molecule has 4 N–H and O–H groups in total. The lowest BCUT2D eigenvalue weighted by Crippen LogP contribution is -2.40. The zero-order valence-electron chi connectivity index (χ0n) is 10.4. The van der Waals surface area contributed by atoms with Crippen molar-refractivity contribution in [1.29, 1.82) is 0 Å². The van der Waals surface area contributed by atoms with Crippen molar-refractivity contribution >= 4 is 28.5 Å². The first-order chi connectivity index (χ1) is 8.58. The molecule has 0 aliphatic carbocycles. The molecule has 1 aromatic carbocycles. The van der Waals surface area contributed by atoms with Gasteiger partial charge in [0.25, 0.3) is 5.91 Å². The minimum Gasteiger partial charge on any atom is -0.507 e. The number of hydrogen-bond acceptors (Lipinski definition) is 3. The van der Waals surface area contributed by atoms with Gasteiger partial charge in [0.2, 0.25) is 0 Å². The number of carbonyl (C=O) groups is 1. The summed E-state index contributed by atoms with van der Waals surface area (Å²) in [6.07, 6.45) is 3.01. The third-order valence-electron chi connectivity index (χ3n) is 2.73. The van der Waals surface area contributed by atoms with E-state index in [-0.39, 0.29) is 17.7 Å². The quantitative estimate of drug-likeness (QED) is 0.680. The number of unbranched alkanes of at least 4 members (excludes halogenated alkanes) is 1. The second kappa shape index (κ2) is 7.58. The third kappa shape index (κ3) is 4.45. The molecule has 1 amide bonds. The number of nitrogens with one attached hydrogen (secondary N) is 1. The predicted molar refractivity (Wildman–Crippen MR) is 80.7 cm³/mol. The number of nitrogens with two attached hydrogens (primary N) is 1. The predicted octanol–water partition coefficient (Wildman–Crippen LogP) is 2.24. The minimum atomic E-state index is -0.187. The van der Waals surface area contributed by atoms with Gasteiger partial charge in [0, 0.05) is 18.2 Å². The van der Waals surface area contributed by atoms with E-state index in [9.17, 15) is 9.90 Å². The maximum atomic E-state index is 12.0. The second-order valence-corrected chi connectivity index (χ2v) is 5.38. The summed E-state index contributed by atoms with van der Waals surface area (Å²) in [5.74, 6) is -0.0608. The van der Waals surface area contributed by atoms with Crippen LogP contribution in [0.5, 0.6) is 5.75 Å². The van der Waals surface area contributed by atoms with E-state index in [1.807, 2.05) is 22.6 Å². The summed E-state index contributed by atoms with van der Waals surface area (Å²) in [5, 5.41) is 12.5. The number of carbonyl (C=O) groups excluding carboxylic acids is 1. The van der Waals surface area contributed by atoms with E-state index in [2.05, 4.69) is 12.2 Å². The molecule has 1 unspecified atom stereocenters. The van der Waals surface area contributed by atoms with Crippen LogP contribution in [0.15, 0.2) is 18.2 Å². The van der Waals surface area contributed by atoms with Crippen molar-refractivity contribution in [1.82, 2.24) is 5.32 Å². The van der Waals surface area contributed by atoms with Crippen molar-refractivity contribution in [2.24, 2.45) is 5.73 Å². The van der Waals surface area contributed by atoms with E-state index in [1.165, 1.54) is 6.07 Å². The summed E-state index contributed by atoms with van der Waals surface area (Å²) < 4.78 is 0.727. The zero-order chi connectivity index (χ0) is 13.5. The van der Waals surface area contributed by atoms with Crippen LogP contribution in [-0.4, -0.2) is 23.6 Å². The number of phenolic OH excluding ortho intramolecular Hbond substituents is 1. The fourth-order valence-corrected chi connectivity index (χ4v) is 1.96. The standard InChI is InChI=1S/C13H19IN2O2/c1-2-3-4-10(8-15)16-13(18)9-5-6-11(14)12(17)7-9/h5-7,10,17H,2-4,8,15H2,1H3,(H,16,18). The Labute approximate surface area is 121 Å². The fraction of sp³-hybridized carbons (Fsp3) is 0.462. The monoisotopic (exact) mass is 362 g/mol. The van der Waals surface area contributed by atoms with Crippen molar-refractivity contribution in [2.75, 3.05) is 6.54 Å². The Bertz CT molecular complexity index is 410. The van der Waals surface area contributed by atoms with Gasteiger partial charge in [-0.25, -0.2) is 0 Å². The number of phenols is 1. The molecule has 0 heterocycles. The molecule has 0 fully saturated rings. The highest BCUT2D eigenvalue weighted by Crippen LogP contribution is 2.20. The molecule has 1 aromatic rings. The number of aromatic hydroxyl groups is 1. The molecule has 0 spiro atoms. The van der Waals surface area contributed by atoms with Crippen LogP contribution in [0.1, 0.15) is 36.5 Å². The van der Waals surface area contributed by atoms with Gasteiger partial charge in [-0.2, -0.15) is 0 Å². The summed E-state index contributed by atoms with van der Waals surface area (Å²) in [5.41, 5.74) is 6.09. The minimum absolute atomic E-state index is 0.00105. The van der Waals surface area contributed by atoms with Crippen molar-refractivity contribution in [3.05, 3.63) is 27.3 Å². The van der Waals surface area contributed by atoms with Crippen molar-refractivity contribution in [3.8, 4) is 5.75 Å². The molecule has 1 rings (SSSR count). The van der Waals surface area contributed by atoms with Gasteiger partial charge in [0.1, 0.15) is 5.75 Å². The summed E-state index contributed by atoms with van der Waals surface area (Å²) in [6.45, 7) is 2.54. The second-order valence-electron chi connectivity index (χ2n) is 4.21. The lowest BCUT2D eigenvalue weighted by molar-refractivity contribution is 0.0935. The molecule has 0 saturated carbocycles. The lowest BCUT2D eigenvalue weighted by atomic mass is 10.1. The van der Waals surface area contributed by atoms with Gasteiger partial charge < -0.3 is 16.2 Å². The van der Waals surface area contributed by atoms with E-state index in [4.69, 9.17) is 5.73 Å². The Morgan fingerprint density at radius 1 is 1.56 bits per heavy atom. The Kier molecular flexibility index (Phi) is 6.42. The number of hydrogen-bond donors (Lipinski definition) is 3. The van der Waals surface area contributed by atoms with Crippen molar-refractivity contribution in [3.63, 3.8) is 0 Å². The Morgan fingerprint density at radius 3 is 2.83 bits per heavy atom. The van der Waals surface area contributed by atoms with E-state index in [0.29, 0.717) is 12.1 Å². The van der Waals surface area contributed by atoms with Gasteiger partial charge in [-0.3, -0.25) is 4.79 Å². The average molecular weight is 362 g/mol. The summed E-state index contributed by atoms with van der Waals surface area (Å²) >= 11 is 2.01. The molecular formula is C13H19IN2O2. The normalized spacial score (nSPS) is 12.2. The number of amides is 1. The maximum absolute atomic E-state index is 12.0. The summed E-state index contributed by atoms with van der Waals surface area (Å²) in [7, 11) is 0. The van der Waals surface area contributed by atoms with Crippen LogP contribution in [0.4, 0.5) is 0 Å². The van der Waals surface area contributed by atoms with Gasteiger partial charge in [0.15, 0.2) is 0 Å². The van der Waals surface area contributed by atoms with Crippen LogP contribution in [0.3, 0.4) is 0 Å². The summed E-state index contributed by atoms with van der Waals surface area (Å²) in [4.78, 5) is 12.0. The van der Waals surface area contributed by atoms with Gasteiger partial charge in [-0.15, -0.1) is 0 Å². The molecule has 100 valence electrons. The van der Waals surface area contributed by atoms with Gasteiger partial charge in [0.05, 0.1) is 3.57 Å². The smallest absolute Gasteiger partial charge is 0.251 e. The van der Waals surface area contributed by atoms with Crippen LogP contribution < -0.4 is 11.1 Å². The molecule has 0 aliphatic heterocycles. The molecule has 1 atom stereocenters. The molecule has 4 nitrogen and oxygen atoms in total. The van der Waals surface area contributed by atoms with Crippen LogP contribution >= 0.6 is 22.6 Å². The first-order valence-electron chi connectivity index (χ1n) is 6.08. The molecule has 18 heavy (non-hydrogen) atoms. The van der Waals surface area contributed by atoms with Crippen molar-refractivity contribution < 1.29 is 9.90 Å². The first kappa shape index (κ1) is 15.2. The van der Waals surface area contributed by atoms with Crippen molar-refractivity contribution in [2.45, 2.75) is 32.2 Å². The van der Waals surface area contributed by atoms with E-state index < -0.39 is 0 Å². The van der Waals surface area contributed by atoms with E-state index in [1.54, 1.807) is 12.1 Å². The molecule has 0 radical (unpaired) electrons. The number of benzene rings is 1. The summed E-state index contributed by atoms with van der Waals surface area (Å²) in [6, 6.07) is 4.89. The van der Waals surface area contributed by atoms with Crippen LogP contribution in [0, 0.1) is 3.57 Å². The van der Waals surface area contributed by atoms with Crippen LogP contribution in [0.2, 0.25) is 0 Å². The fourth-order valence-electron chi connectivity index (χ4n) is 1.62. The lowest BCUT2D eigenvalue weighted by Gasteiger charge is -2.16. The Balaban J connectivity index is 2.65. The largest absolute Gasteiger partial charge is 0.507 e. The highest BCUT2D eigenvalue weighted by molar-refractivity contribution is 14.1. The van der Waals surface area contributed by atoms with E-state index >= 15 is 0 Å². The molecule has 0 bridgehead atoms. The third-order valence-corrected chi connectivity index (χ3v) is 3.65. The Hall–Kier alpha value is -0.820. The molecular weight excluding hydrogens is 343 g/mol. The molecule has 0 saturated heterocycles. The van der Waals surface area contributed by atoms with Gasteiger partial charge in [-0.05, 0) is 47.2 Å². The highest BCUT2D eigenvalue weighted by atomic mass is 127. The number of halogens is 1. The topological polar surface area (TPSA) is 75.3 Å². The number of rotatable bonds is 6. The van der Waals surface area contributed by atoms with Crippen LogP contribution in [-0.2, 0) is 0 Å². The SMILES string of the molecule is CCCCC(CN)NC(=O)c1ccc(I)c(O)c1. The van der Waals surface area contributed by atoms with E-state index in [0.717, 1.165) is 22.8 Å². The Morgan fingerprint density at radius 2 is 2.28 bits per heavy atom. The average Bonchev–Trinajstić information content (AvgIpc) is 2.37. The zero-order valence-corrected chi connectivity index (χ0v) is 12.6. The van der Waals surface area contributed by atoms with Gasteiger partial charge in [-0.1, -0.05) is 19.8 Å². The molecule has 5 heteroatoms. The molecule has 0 aliphatic rings. The van der Waals surface area contributed by atoms with Crippen LogP contribution in [0.25, 0.3) is 0 Å². The molecule has 0 aromatic heterocycles.